The molecule has 0 aliphatic rings. The quantitative estimate of drug-likeness (QED) is 0.869. The predicted molar refractivity (Wildman–Crippen MR) is 83.0 cm³/mol. The molecule has 0 fully saturated rings. The Morgan fingerprint density at radius 1 is 1.00 bits per heavy atom. The van der Waals surface area contributed by atoms with Crippen LogP contribution in [0.2, 0.25) is 0 Å². The van der Waals surface area contributed by atoms with E-state index in [2.05, 4.69) is 52.0 Å². The Balaban J connectivity index is 2.19. The number of aliphatic hydroxyl groups is 1. The SMILES string of the molecule is CCc1ccc(CC(O)c2cc(C)c(C)cc2C)s1. The van der Waals surface area contributed by atoms with Gasteiger partial charge < -0.3 is 5.11 Å². The molecular formula is C17H22OS. The zero-order valence-corrected chi connectivity index (χ0v) is 13.0. The second-order valence-electron chi connectivity index (χ2n) is 5.23. The van der Waals surface area contributed by atoms with Gasteiger partial charge in [0.05, 0.1) is 6.10 Å². The summed E-state index contributed by atoms with van der Waals surface area (Å²) in [5, 5.41) is 10.5. The lowest BCUT2D eigenvalue weighted by atomic mass is 9.95. The minimum absolute atomic E-state index is 0.400. The molecule has 2 heteroatoms. The van der Waals surface area contributed by atoms with Crippen molar-refractivity contribution in [3.05, 3.63) is 56.3 Å². The predicted octanol–water partition coefficient (Wildman–Crippen LogP) is 4.51. The van der Waals surface area contributed by atoms with Gasteiger partial charge in [0.25, 0.3) is 0 Å². The lowest BCUT2D eigenvalue weighted by Gasteiger charge is -2.15. The Hall–Kier alpha value is -1.12. The summed E-state index contributed by atoms with van der Waals surface area (Å²) in [5.41, 5.74) is 4.79. The first kappa shape index (κ1) is 14.3. The molecule has 1 unspecified atom stereocenters. The fourth-order valence-electron chi connectivity index (χ4n) is 2.36. The van der Waals surface area contributed by atoms with Gasteiger partial charge in [-0.3, -0.25) is 0 Å². The Morgan fingerprint density at radius 3 is 2.26 bits per heavy atom. The standard InChI is InChI=1S/C17H22OS/c1-5-14-6-7-15(19-14)10-17(18)16-9-12(3)11(2)8-13(16)4/h6-9,17-18H,5,10H2,1-4H3. The molecule has 0 aliphatic carbocycles. The molecule has 1 aromatic heterocycles. The largest absolute Gasteiger partial charge is 0.388 e. The highest BCUT2D eigenvalue weighted by atomic mass is 32.1. The van der Waals surface area contributed by atoms with E-state index >= 15 is 0 Å². The number of rotatable bonds is 4. The van der Waals surface area contributed by atoms with Crippen LogP contribution in [0.15, 0.2) is 24.3 Å². The average Bonchev–Trinajstić information content (AvgIpc) is 2.81. The first-order chi connectivity index (χ1) is 9.01. The number of aliphatic hydroxyl groups excluding tert-OH is 1. The monoisotopic (exact) mass is 274 g/mol. The van der Waals surface area contributed by atoms with E-state index in [0.717, 1.165) is 12.0 Å². The van der Waals surface area contributed by atoms with Crippen LogP contribution in [-0.4, -0.2) is 5.11 Å². The van der Waals surface area contributed by atoms with E-state index in [-0.39, 0.29) is 0 Å². The molecule has 1 atom stereocenters. The summed E-state index contributed by atoms with van der Waals surface area (Å²) in [5.74, 6) is 0. The molecule has 0 saturated carbocycles. The highest BCUT2D eigenvalue weighted by Gasteiger charge is 2.13. The smallest absolute Gasteiger partial charge is 0.0840 e. The maximum atomic E-state index is 10.5. The van der Waals surface area contributed by atoms with Crippen molar-refractivity contribution in [1.82, 2.24) is 0 Å². The maximum absolute atomic E-state index is 10.5. The summed E-state index contributed by atoms with van der Waals surface area (Å²) in [6.45, 7) is 8.47. The zero-order valence-electron chi connectivity index (χ0n) is 12.2. The number of thiophene rings is 1. The number of hydrogen-bond acceptors (Lipinski definition) is 2. The number of aryl methyl sites for hydroxylation is 4. The highest BCUT2D eigenvalue weighted by Crippen LogP contribution is 2.27. The van der Waals surface area contributed by atoms with E-state index < -0.39 is 6.10 Å². The minimum Gasteiger partial charge on any atom is -0.388 e. The van der Waals surface area contributed by atoms with Gasteiger partial charge in [-0.1, -0.05) is 19.1 Å². The van der Waals surface area contributed by atoms with Gasteiger partial charge in [-0.2, -0.15) is 0 Å². The molecule has 0 amide bonds. The molecule has 1 N–H and O–H groups in total. The van der Waals surface area contributed by atoms with Crippen LogP contribution >= 0.6 is 11.3 Å². The van der Waals surface area contributed by atoms with Crippen LogP contribution in [-0.2, 0) is 12.8 Å². The van der Waals surface area contributed by atoms with E-state index in [0.29, 0.717) is 6.42 Å². The molecule has 1 heterocycles. The van der Waals surface area contributed by atoms with Crippen LogP contribution in [0.5, 0.6) is 0 Å². The molecule has 0 saturated heterocycles. The second-order valence-corrected chi connectivity index (χ2v) is 6.49. The van der Waals surface area contributed by atoms with Crippen LogP contribution in [0.1, 0.15) is 45.0 Å². The average molecular weight is 274 g/mol. The lowest BCUT2D eigenvalue weighted by Crippen LogP contribution is -2.04. The van der Waals surface area contributed by atoms with Gasteiger partial charge in [0, 0.05) is 16.2 Å². The Kier molecular flexibility index (Phi) is 4.43. The van der Waals surface area contributed by atoms with Crippen LogP contribution < -0.4 is 0 Å². The minimum atomic E-state index is -0.400. The second kappa shape index (κ2) is 5.89. The fourth-order valence-corrected chi connectivity index (χ4v) is 3.36. The molecular weight excluding hydrogens is 252 g/mol. The summed E-state index contributed by atoms with van der Waals surface area (Å²) >= 11 is 1.81. The molecule has 0 aliphatic heterocycles. The Labute approximate surface area is 119 Å². The van der Waals surface area contributed by atoms with Crippen molar-refractivity contribution in [3.63, 3.8) is 0 Å². The Bertz CT molecular complexity index is 569. The highest BCUT2D eigenvalue weighted by molar-refractivity contribution is 7.11. The summed E-state index contributed by atoms with van der Waals surface area (Å²) in [6, 6.07) is 8.60. The molecule has 2 rings (SSSR count). The maximum Gasteiger partial charge on any atom is 0.0840 e. The van der Waals surface area contributed by atoms with E-state index in [9.17, 15) is 5.11 Å². The van der Waals surface area contributed by atoms with Crippen molar-refractivity contribution in [2.75, 3.05) is 0 Å². The van der Waals surface area contributed by atoms with Crippen molar-refractivity contribution in [2.45, 2.75) is 46.6 Å². The third-order valence-electron chi connectivity index (χ3n) is 3.70. The van der Waals surface area contributed by atoms with E-state index in [1.54, 1.807) is 0 Å². The molecule has 1 nitrogen and oxygen atoms in total. The van der Waals surface area contributed by atoms with Crippen LogP contribution in [0.4, 0.5) is 0 Å². The van der Waals surface area contributed by atoms with Crippen LogP contribution in [0.3, 0.4) is 0 Å². The third kappa shape index (κ3) is 3.26. The zero-order chi connectivity index (χ0) is 14.0. The first-order valence-electron chi connectivity index (χ1n) is 6.84. The van der Waals surface area contributed by atoms with Gasteiger partial charge in [-0.05, 0) is 61.6 Å². The van der Waals surface area contributed by atoms with Crippen molar-refractivity contribution in [2.24, 2.45) is 0 Å². The number of hydrogen-bond donors (Lipinski definition) is 1. The summed E-state index contributed by atoms with van der Waals surface area (Å²) < 4.78 is 0. The third-order valence-corrected chi connectivity index (χ3v) is 4.95. The van der Waals surface area contributed by atoms with Crippen molar-refractivity contribution in [3.8, 4) is 0 Å². The van der Waals surface area contributed by atoms with Crippen molar-refractivity contribution >= 4 is 11.3 Å². The van der Waals surface area contributed by atoms with Gasteiger partial charge in [-0.15, -0.1) is 11.3 Å². The van der Waals surface area contributed by atoms with Crippen LogP contribution in [0, 0.1) is 20.8 Å². The van der Waals surface area contributed by atoms with Gasteiger partial charge in [0.2, 0.25) is 0 Å². The van der Waals surface area contributed by atoms with E-state index in [1.165, 1.54) is 26.4 Å². The van der Waals surface area contributed by atoms with Gasteiger partial charge >= 0.3 is 0 Å². The lowest BCUT2D eigenvalue weighted by molar-refractivity contribution is 0.178. The summed E-state index contributed by atoms with van der Waals surface area (Å²) in [7, 11) is 0. The molecule has 19 heavy (non-hydrogen) atoms. The van der Waals surface area contributed by atoms with E-state index in [4.69, 9.17) is 0 Å². The normalized spacial score (nSPS) is 12.7. The molecule has 2 aromatic rings. The molecule has 0 radical (unpaired) electrons. The summed E-state index contributed by atoms with van der Waals surface area (Å²) in [6.07, 6.45) is 1.39. The molecule has 1 aromatic carbocycles. The van der Waals surface area contributed by atoms with Crippen molar-refractivity contribution < 1.29 is 5.11 Å². The topological polar surface area (TPSA) is 20.2 Å². The first-order valence-corrected chi connectivity index (χ1v) is 7.66. The van der Waals surface area contributed by atoms with E-state index in [1.807, 2.05) is 11.3 Å². The fraction of sp³-hybridized carbons (Fsp3) is 0.412. The van der Waals surface area contributed by atoms with Gasteiger partial charge in [-0.25, -0.2) is 0 Å². The van der Waals surface area contributed by atoms with Gasteiger partial charge in [0.1, 0.15) is 0 Å². The molecule has 0 spiro atoms. The van der Waals surface area contributed by atoms with Crippen molar-refractivity contribution in [1.29, 1.82) is 0 Å². The summed E-state index contributed by atoms with van der Waals surface area (Å²) in [4.78, 5) is 2.65. The van der Waals surface area contributed by atoms with Gasteiger partial charge in [0.15, 0.2) is 0 Å². The van der Waals surface area contributed by atoms with Crippen LogP contribution in [0.25, 0.3) is 0 Å². The molecule has 102 valence electrons. The Morgan fingerprint density at radius 2 is 1.63 bits per heavy atom. The molecule has 0 bridgehead atoms. The number of benzene rings is 1.